The molecule has 0 fully saturated rings. The zero-order valence-corrected chi connectivity index (χ0v) is 11.1. The summed E-state index contributed by atoms with van der Waals surface area (Å²) in [4.78, 5) is 16.2. The summed E-state index contributed by atoms with van der Waals surface area (Å²) in [6.07, 6.45) is 2.52. The fraction of sp³-hybridized carbons (Fsp3) is 0.200. The Kier molecular flexibility index (Phi) is 4.20. The minimum Gasteiger partial charge on any atom is -0.508 e. The first-order valence-electron chi connectivity index (χ1n) is 6.34. The normalized spacial score (nSPS) is 10.2. The molecule has 5 heteroatoms. The molecular formula is C15H16N2O3. The lowest BCUT2D eigenvalue weighted by Gasteiger charge is -2.08. The van der Waals surface area contributed by atoms with Crippen LogP contribution in [-0.2, 0) is 13.0 Å². The van der Waals surface area contributed by atoms with Crippen LogP contribution < -0.4 is 5.32 Å². The average Bonchev–Trinajstić information content (AvgIpc) is 2.44. The summed E-state index contributed by atoms with van der Waals surface area (Å²) in [5.74, 6) is -0.673. The smallest absolute Gasteiger partial charge is 0.251 e. The summed E-state index contributed by atoms with van der Waals surface area (Å²) < 4.78 is 0. The van der Waals surface area contributed by atoms with E-state index < -0.39 is 0 Å². The average molecular weight is 272 g/mol. The van der Waals surface area contributed by atoms with Crippen molar-refractivity contribution in [3.05, 3.63) is 53.3 Å². The number of hydrogen-bond donors (Lipinski definition) is 3. The van der Waals surface area contributed by atoms with Crippen molar-refractivity contribution in [2.75, 3.05) is 0 Å². The van der Waals surface area contributed by atoms with E-state index in [2.05, 4.69) is 10.3 Å². The van der Waals surface area contributed by atoms with Gasteiger partial charge in [-0.05, 0) is 30.2 Å². The second kappa shape index (κ2) is 6.06. The molecular weight excluding hydrogens is 256 g/mol. The fourth-order valence-corrected chi connectivity index (χ4v) is 1.94. The van der Waals surface area contributed by atoms with Crippen LogP contribution in [0.5, 0.6) is 11.5 Å². The molecule has 0 aliphatic heterocycles. The van der Waals surface area contributed by atoms with Crippen LogP contribution in [0.4, 0.5) is 0 Å². The van der Waals surface area contributed by atoms with Gasteiger partial charge < -0.3 is 15.5 Å². The van der Waals surface area contributed by atoms with E-state index in [9.17, 15) is 15.0 Å². The number of benzene rings is 1. The zero-order valence-electron chi connectivity index (χ0n) is 11.1. The highest BCUT2D eigenvalue weighted by Crippen LogP contribution is 2.20. The maximum atomic E-state index is 12.0. The molecule has 2 rings (SSSR count). The topological polar surface area (TPSA) is 82.5 Å². The first kappa shape index (κ1) is 13.9. The second-order valence-corrected chi connectivity index (χ2v) is 4.38. The molecule has 104 valence electrons. The highest BCUT2D eigenvalue weighted by Gasteiger charge is 2.09. The van der Waals surface area contributed by atoms with E-state index in [1.54, 1.807) is 6.20 Å². The Morgan fingerprint density at radius 1 is 1.25 bits per heavy atom. The molecule has 0 unspecified atom stereocenters. The molecule has 0 spiro atoms. The minimum atomic E-state index is -0.371. The van der Waals surface area contributed by atoms with Crippen molar-refractivity contribution in [1.29, 1.82) is 0 Å². The van der Waals surface area contributed by atoms with E-state index >= 15 is 0 Å². The summed E-state index contributed by atoms with van der Waals surface area (Å²) in [7, 11) is 0. The summed E-state index contributed by atoms with van der Waals surface area (Å²) >= 11 is 0. The largest absolute Gasteiger partial charge is 0.508 e. The maximum Gasteiger partial charge on any atom is 0.251 e. The lowest BCUT2D eigenvalue weighted by Crippen LogP contribution is -2.23. The second-order valence-electron chi connectivity index (χ2n) is 4.38. The third-order valence-electron chi connectivity index (χ3n) is 2.95. The molecule has 5 nitrogen and oxygen atoms in total. The SMILES string of the molecule is CCc1cccnc1CNC(=O)c1cc(O)cc(O)c1. The van der Waals surface area contributed by atoms with Crippen LogP contribution >= 0.6 is 0 Å². The van der Waals surface area contributed by atoms with Crippen LogP contribution in [0.3, 0.4) is 0 Å². The van der Waals surface area contributed by atoms with Crippen molar-refractivity contribution in [3.8, 4) is 11.5 Å². The van der Waals surface area contributed by atoms with Gasteiger partial charge >= 0.3 is 0 Å². The van der Waals surface area contributed by atoms with Gasteiger partial charge in [0.25, 0.3) is 5.91 Å². The van der Waals surface area contributed by atoms with E-state index in [0.717, 1.165) is 17.7 Å². The summed E-state index contributed by atoms with van der Waals surface area (Å²) in [6.45, 7) is 2.33. The van der Waals surface area contributed by atoms with Gasteiger partial charge in [0.1, 0.15) is 11.5 Å². The standard InChI is InChI=1S/C15H16N2O3/c1-2-10-4-3-5-16-14(10)9-17-15(20)11-6-12(18)8-13(19)7-11/h3-8,18-19H,2,9H2,1H3,(H,17,20). The lowest BCUT2D eigenvalue weighted by molar-refractivity contribution is 0.0949. The Morgan fingerprint density at radius 2 is 1.95 bits per heavy atom. The number of aromatic hydroxyl groups is 2. The predicted octanol–water partition coefficient (Wildman–Crippen LogP) is 1.99. The molecule has 0 aliphatic carbocycles. The predicted molar refractivity (Wildman–Crippen MR) is 74.6 cm³/mol. The van der Waals surface area contributed by atoms with Crippen molar-refractivity contribution in [2.24, 2.45) is 0 Å². The quantitative estimate of drug-likeness (QED) is 0.795. The Bertz CT molecular complexity index is 606. The van der Waals surface area contributed by atoms with Gasteiger partial charge in [-0.2, -0.15) is 0 Å². The third-order valence-corrected chi connectivity index (χ3v) is 2.95. The van der Waals surface area contributed by atoms with E-state index in [4.69, 9.17) is 0 Å². The number of carbonyl (C=O) groups is 1. The van der Waals surface area contributed by atoms with Gasteiger partial charge in [0.2, 0.25) is 0 Å². The van der Waals surface area contributed by atoms with Crippen molar-refractivity contribution < 1.29 is 15.0 Å². The Balaban J connectivity index is 2.08. The number of aromatic nitrogens is 1. The van der Waals surface area contributed by atoms with Crippen molar-refractivity contribution >= 4 is 5.91 Å². The number of aryl methyl sites for hydroxylation is 1. The lowest BCUT2D eigenvalue weighted by atomic mass is 10.1. The van der Waals surface area contributed by atoms with Gasteiger partial charge in [-0.1, -0.05) is 13.0 Å². The molecule has 0 bridgehead atoms. The van der Waals surface area contributed by atoms with Crippen LogP contribution in [0.2, 0.25) is 0 Å². The van der Waals surface area contributed by atoms with Gasteiger partial charge in [-0.15, -0.1) is 0 Å². The van der Waals surface area contributed by atoms with Crippen LogP contribution in [-0.4, -0.2) is 21.1 Å². The maximum absolute atomic E-state index is 12.0. The van der Waals surface area contributed by atoms with Gasteiger partial charge in [-0.25, -0.2) is 0 Å². The van der Waals surface area contributed by atoms with Gasteiger partial charge in [0, 0.05) is 17.8 Å². The van der Waals surface area contributed by atoms with Gasteiger partial charge in [-0.3, -0.25) is 9.78 Å². The Hall–Kier alpha value is -2.56. The first-order valence-corrected chi connectivity index (χ1v) is 6.34. The van der Waals surface area contributed by atoms with Crippen molar-refractivity contribution in [3.63, 3.8) is 0 Å². The Morgan fingerprint density at radius 3 is 2.60 bits per heavy atom. The number of rotatable bonds is 4. The number of phenolic OH excluding ortho intramolecular Hbond substituents is 2. The van der Waals surface area contributed by atoms with E-state index in [1.165, 1.54) is 18.2 Å². The highest BCUT2D eigenvalue weighted by molar-refractivity contribution is 5.94. The number of nitrogens with zero attached hydrogens (tertiary/aromatic N) is 1. The summed E-state index contributed by atoms with van der Waals surface area (Å²) in [5, 5.41) is 21.4. The molecule has 20 heavy (non-hydrogen) atoms. The van der Waals surface area contributed by atoms with Gasteiger partial charge in [0.05, 0.1) is 12.2 Å². The first-order chi connectivity index (χ1) is 9.60. The van der Waals surface area contributed by atoms with E-state index in [1.807, 2.05) is 19.1 Å². The zero-order chi connectivity index (χ0) is 14.5. The number of pyridine rings is 1. The van der Waals surface area contributed by atoms with Crippen molar-refractivity contribution in [2.45, 2.75) is 19.9 Å². The molecule has 3 N–H and O–H groups in total. The monoisotopic (exact) mass is 272 g/mol. The molecule has 0 saturated heterocycles. The molecule has 0 saturated carbocycles. The molecule has 1 amide bonds. The number of nitrogens with one attached hydrogen (secondary N) is 1. The van der Waals surface area contributed by atoms with Crippen LogP contribution in [0.1, 0.15) is 28.5 Å². The van der Waals surface area contributed by atoms with Crippen LogP contribution in [0, 0.1) is 0 Å². The molecule has 1 aromatic carbocycles. The van der Waals surface area contributed by atoms with E-state index in [0.29, 0.717) is 6.54 Å². The molecule has 1 heterocycles. The molecule has 2 aromatic rings. The summed E-state index contributed by atoms with van der Waals surface area (Å²) in [6, 6.07) is 7.60. The molecule has 1 aromatic heterocycles. The minimum absolute atomic E-state index is 0.151. The number of amides is 1. The Labute approximate surface area is 116 Å². The highest BCUT2D eigenvalue weighted by atomic mass is 16.3. The number of phenols is 2. The third kappa shape index (κ3) is 3.26. The van der Waals surface area contributed by atoms with Crippen LogP contribution in [0.15, 0.2) is 36.5 Å². The van der Waals surface area contributed by atoms with Crippen LogP contribution in [0.25, 0.3) is 0 Å². The molecule has 0 atom stereocenters. The fourth-order valence-electron chi connectivity index (χ4n) is 1.94. The number of hydrogen-bond acceptors (Lipinski definition) is 4. The number of carbonyl (C=O) groups excluding carboxylic acids is 1. The van der Waals surface area contributed by atoms with Crippen molar-refractivity contribution in [1.82, 2.24) is 10.3 Å². The van der Waals surface area contributed by atoms with E-state index in [-0.39, 0.29) is 23.0 Å². The summed E-state index contributed by atoms with van der Waals surface area (Å²) in [5.41, 5.74) is 2.09. The van der Waals surface area contributed by atoms with Gasteiger partial charge in [0.15, 0.2) is 0 Å². The molecule has 0 radical (unpaired) electrons. The molecule has 0 aliphatic rings.